The van der Waals surface area contributed by atoms with Crippen LogP contribution in [0.25, 0.3) is 0 Å². The van der Waals surface area contributed by atoms with Crippen LogP contribution in [0.5, 0.6) is 0 Å². The van der Waals surface area contributed by atoms with Crippen LogP contribution in [-0.4, -0.2) is 21.1 Å². The molecule has 1 rings (SSSR count). The molecule has 0 atom stereocenters. The van der Waals surface area contributed by atoms with Crippen molar-refractivity contribution in [2.75, 3.05) is 0 Å². The predicted octanol–water partition coefficient (Wildman–Crippen LogP) is 1.16. The first-order chi connectivity index (χ1) is 5.08. The highest BCUT2D eigenvalue weighted by Crippen LogP contribution is 2.07. The summed E-state index contributed by atoms with van der Waals surface area (Å²) in [6, 6.07) is 0. The number of nitrogens with zero attached hydrogens (tertiary/aromatic N) is 4. The molecule has 0 aromatic carbocycles. The SMILES string of the molecule is CC(C)(C)/C=N/n1cncn1. The van der Waals surface area contributed by atoms with Crippen molar-refractivity contribution in [3.05, 3.63) is 12.7 Å². The Bertz CT molecular complexity index is 229. The fourth-order valence-corrected chi connectivity index (χ4v) is 0.494. The minimum Gasteiger partial charge on any atom is -0.221 e. The molecule has 4 heteroatoms. The molecule has 0 N–H and O–H groups in total. The largest absolute Gasteiger partial charge is 0.221 e. The van der Waals surface area contributed by atoms with Crippen LogP contribution in [0.1, 0.15) is 20.8 Å². The van der Waals surface area contributed by atoms with Gasteiger partial charge in [0.15, 0.2) is 0 Å². The molecule has 60 valence electrons. The first-order valence-electron chi connectivity index (χ1n) is 3.48. The van der Waals surface area contributed by atoms with Gasteiger partial charge in [-0.05, 0) is 5.41 Å². The summed E-state index contributed by atoms with van der Waals surface area (Å²) in [6.07, 6.45) is 4.85. The third-order valence-electron chi connectivity index (χ3n) is 0.970. The highest BCUT2D eigenvalue weighted by Gasteiger charge is 2.04. The van der Waals surface area contributed by atoms with Crippen molar-refractivity contribution in [3.8, 4) is 0 Å². The zero-order valence-corrected chi connectivity index (χ0v) is 7.02. The smallest absolute Gasteiger partial charge is 0.139 e. The topological polar surface area (TPSA) is 43.1 Å². The monoisotopic (exact) mass is 152 g/mol. The molecule has 0 fully saturated rings. The van der Waals surface area contributed by atoms with E-state index in [1.165, 1.54) is 11.1 Å². The van der Waals surface area contributed by atoms with Gasteiger partial charge in [0.1, 0.15) is 12.7 Å². The van der Waals surface area contributed by atoms with Gasteiger partial charge in [0.05, 0.1) is 0 Å². The van der Waals surface area contributed by atoms with Crippen LogP contribution in [0, 0.1) is 5.41 Å². The van der Waals surface area contributed by atoms with Crippen LogP contribution < -0.4 is 0 Å². The van der Waals surface area contributed by atoms with Gasteiger partial charge in [0.2, 0.25) is 0 Å². The zero-order chi connectivity index (χ0) is 8.32. The lowest BCUT2D eigenvalue weighted by atomic mass is 9.99. The number of hydrogen-bond donors (Lipinski definition) is 0. The van der Waals surface area contributed by atoms with Crippen LogP contribution in [0.2, 0.25) is 0 Å². The van der Waals surface area contributed by atoms with Crippen molar-refractivity contribution in [1.29, 1.82) is 0 Å². The first kappa shape index (κ1) is 7.91. The van der Waals surface area contributed by atoms with E-state index in [1.807, 2.05) is 6.21 Å². The Morgan fingerprint density at radius 2 is 2.18 bits per heavy atom. The summed E-state index contributed by atoms with van der Waals surface area (Å²) >= 11 is 0. The van der Waals surface area contributed by atoms with Gasteiger partial charge >= 0.3 is 0 Å². The second kappa shape index (κ2) is 2.82. The fraction of sp³-hybridized carbons (Fsp3) is 0.571. The van der Waals surface area contributed by atoms with E-state index < -0.39 is 0 Å². The molecule has 0 aliphatic rings. The van der Waals surface area contributed by atoms with E-state index in [0.717, 1.165) is 0 Å². The third kappa shape index (κ3) is 2.93. The standard InChI is InChI=1S/C7H12N4/c1-7(2,3)4-9-11-6-8-5-10-11/h4-6H,1-3H3/b9-4+. The molecule has 0 saturated carbocycles. The maximum atomic E-state index is 4.06. The molecule has 0 aliphatic carbocycles. The molecule has 1 aromatic heterocycles. The number of aromatic nitrogens is 3. The van der Waals surface area contributed by atoms with E-state index in [9.17, 15) is 0 Å². The first-order valence-corrected chi connectivity index (χ1v) is 3.48. The van der Waals surface area contributed by atoms with Crippen molar-refractivity contribution in [2.24, 2.45) is 10.5 Å². The van der Waals surface area contributed by atoms with E-state index in [2.05, 4.69) is 36.0 Å². The highest BCUT2D eigenvalue weighted by molar-refractivity contribution is 5.63. The van der Waals surface area contributed by atoms with E-state index in [-0.39, 0.29) is 5.41 Å². The Hall–Kier alpha value is -1.19. The second-order valence-corrected chi connectivity index (χ2v) is 3.43. The summed E-state index contributed by atoms with van der Waals surface area (Å²) in [6.45, 7) is 6.23. The molecule has 0 saturated heterocycles. The third-order valence-corrected chi connectivity index (χ3v) is 0.970. The summed E-state index contributed by atoms with van der Waals surface area (Å²) in [4.78, 5) is 5.20. The van der Waals surface area contributed by atoms with Gasteiger partial charge in [0, 0.05) is 6.21 Å². The molecular formula is C7H12N4. The molecule has 4 nitrogen and oxygen atoms in total. The Balaban J connectivity index is 2.63. The van der Waals surface area contributed by atoms with Crippen molar-refractivity contribution in [1.82, 2.24) is 14.9 Å². The van der Waals surface area contributed by atoms with Gasteiger partial charge in [0.25, 0.3) is 0 Å². The van der Waals surface area contributed by atoms with Gasteiger partial charge in [-0.3, -0.25) is 0 Å². The van der Waals surface area contributed by atoms with Crippen molar-refractivity contribution in [3.63, 3.8) is 0 Å². The fourth-order valence-electron chi connectivity index (χ4n) is 0.494. The summed E-state index contributed by atoms with van der Waals surface area (Å²) in [7, 11) is 0. The van der Waals surface area contributed by atoms with E-state index in [1.54, 1.807) is 6.33 Å². The normalized spacial score (nSPS) is 12.6. The summed E-state index contributed by atoms with van der Waals surface area (Å²) in [5.74, 6) is 0. The summed E-state index contributed by atoms with van der Waals surface area (Å²) in [5, 5.41) is 7.88. The summed E-state index contributed by atoms with van der Waals surface area (Å²) in [5.41, 5.74) is 0.0892. The van der Waals surface area contributed by atoms with Crippen LogP contribution in [0.3, 0.4) is 0 Å². The van der Waals surface area contributed by atoms with Gasteiger partial charge in [-0.25, -0.2) is 4.98 Å². The molecular weight excluding hydrogens is 140 g/mol. The molecule has 0 unspecified atom stereocenters. The van der Waals surface area contributed by atoms with Crippen LogP contribution >= 0.6 is 0 Å². The van der Waals surface area contributed by atoms with E-state index >= 15 is 0 Å². The van der Waals surface area contributed by atoms with Crippen LogP contribution in [0.15, 0.2) is 17.8 Å². The lowest BCUT2D eigenvalue weighted by molar-refractivity contribution is 0.593. The maximum absolute atomic E-state index is 4.06. The Kier molecular flexibility index (Phi) is 2.03. The lowest BCUT2D eigenvalue weighted by Crippen LogP contribution is -2.07. The van der Waals surface area contributed by atoms with Crippen LogP contribution in [0.4, 0.5) is 0 Å². The minimum absolute atomic E-state index is 0.0892. The van der Waals surface area contributed by atoms with E-state index in [0.29, 0.717) is 0 Å². The van der Waals surface area contributed by atoms with Gasteiger partial charge < -0.3 is 0 Å². The second-order valence-electron chi connectivity index (χ2n) is 3.43. The molecule has 1 heterocycles. The molecule has 11 heavy (non-hydrogen) atoms. The molecule has 0 radical (unpaired) electrons. The highest BCUT2D eigenvalue weighted by atomic mass is 15.5. The minimum atomic E-state index is 0.0892. The predicted molar refractivity (Wildman–Crippen MR) is 43.4 cm³/mol. The molecule has 0 aliphatic heterocycles. The van der Waals surface area contributed by atoms with Gasteiger partial charge in [-0.2, -0.15) is 5.10 Å². The van der Waals surface area contributed by atoms with Crippen molar-refractivity contribution in [2.45, 2.75) is 20.8 Å². The molecule has 0 spiro atoms. The maximum Gasteiger partial charge on any atom is 0.139 e. The lowest BCUT2D eigenvalue weighted by Gasteiger charge is -2.08. The van der Waals surface area contributed by atoms with Gasteiger partial charge in [-0.1, -0.05) is 20.8 Å². The average Bonchev–Trinajstić information content (AvgIpc) is 2.32. The Morgan fingerprint density at radius 3 is 2.64 bits per heavy atom. The van der Waals surface area contributed by atoms with Gasteiger partial charge in [-0.15, -0.1) is 9.89 Å². The van der Waals surface area contributed by atoms with Crippen LogP contribution in [-0.2, 0) is 0 Å². The van der Waals surface area contributed by atoms with E-state index in [4.69, 9.17) is 0 Å². The number of rotatable bonds is 1. The molecule has 0 amide bonds. The Labute approximate surface area is 65.9 Å². The average molecular weight is 152 g/mol. The summed E-state index contributed by atoms with van der Waals surface area (Å²) < 4.78 is 0. The molecule has 0 bridgehead atoms. The number of hydrogen-bond acceptors (Lipinski definition) is 3. The van der Waals surface area contributed by atoms with Crippen molar-refractivity contribution < 1.29 is 0 Å². The quantitative estimate of drug-likeness (QED) is 0.567. The molecule has 1 aromatic rings. The van der Waals surface area contributed by atoms with Crippen molar-refractivity contribution >= 4 is 6.21 Å². The Morgan fingerprint density at radius 1 is 1.45 bits per heavy atom. The zero-order valence-electron chi connectivity index (χ0n) is 7.02.